The Hall–Kier alpha value is -0.0400. The summed E-state index contributed by atoms with van der Waals surface area (Å²) in [5, 5.41) is 3.21. The van der Waals surface area contributed by atoms with E-state index in [-0.39, 0.29) is 0 Å². The van der Waals surface area contributed by atoms with Gasteiger partial charge in [-0.25, -0.2) is 0 Å². The van der Waals surface area contributed by atoms with E-state index in [9.17, 15) is 0 Å². The van der Waals surface area contributed by atoms with Gasteiger partial charge >= 0.3 is 0 Å². The minimum absolute atomic E-state index is 0.620. The van der Waals surface area contributed by atoms with E-state index in [1.165, 1.54) is 12.3 Å². The van der Waals surface area contributed by atoms with Crippen molar-refractivity contribution in [2.45, 2.75) is 33.2 Å². The molecule has 0 aliphatic rings. The van der Waals surface area contributed by atoms with Crippen molar-refractivity contribution in [1.29, 1.82) is 0 Å². The van der Waals surface area contributed by atoms with Crippen LogP contribution in [0.15, 0.2) is 0 Å². The Kier molecular flexibility index (Phi) is 3.88. The molecule has 1 atom stereocenters. The molecule has 0 aliphatic carbocycles. The SMILES string of the molecule is CCC(NC)[C](C)C. The van der Waals surface area contributed by atoms with E-state index in [4.69, 9.17) is 0 Å². The van der Waals surface area contributed by atoms with Gasteiger partial charge in [0.1, 0.15) is 0 Å². The van der Waals surface area contributed by atoms with Crippen LogP contribution < -0.4 is 5.32 Å². The van der Waals surface area contributed by atoms with Crippen molar-refractivity contribution in [1.82, 2.24) is 5.32 Å². The molecule has 0 rings (SSSR count). The van der Waals surface area contributed by atoms with Crippen LogP contribution in [0.3, 0.4) is 0 Å². The van der Waals surface area contributed by atoms with E-state index in [2.05, 4.69) is 26.1 Å². The lowest BCUT2D eigenvalue weighted by atomic mass is 10.0. The first-order valence-electron chi connectivity index (χ1n) is 3.19. The molecule has 49 valence electrons. The highest BCUT2D eigenvalue weighted by Crippen LogP contribution is 2.05. The Morgan fingerprint density at radius 2 is 2.00 bits per heavy atom. The summed E-state index contributed by atoms with van der Waals surface area (Å²) in [4.78, 5) is 0. The molecule has 0 saturated heterocycles. The lowest BCUT2D eigenvalue weighted by Crippen LogP contribution is -2.28. The first kappa shape index (κ1) is 7.96. The first-order chi connectivity index (χ1) is 3.72. The van der Waals surface area contributed by atoms with Gasteiger partial charge in [-0.05, 0) is 19.4 Å². The third kappa shape index (κ3) is 2.31. The number of rotatable bonds is 3. The van der Waals surface area contributed by atoms with E-state index < -0.39 is 0 Å². The predicted octanol–water partition coefficient (Wildman–Crippen LogP) is 1.60. The van der Waals surface area contributed by atoms with Crippen molar-refractivity contribution < 1.29 is 0 Å². The van der Waals surface area contributed by atoms with Crippen molar-refractivity contribution in [3.8, 4) is 0 Å². The molecule has 1 heteroatoms. The molecule has 0 aromatic carbocycles. The fourth-order valence-electron chi connectivity index (χ4n) is 0.901. The van der Waals surface area contributed by atoms with Gasteiger partial charge in [0.05, 0.1) is 0 Å². The van der Waals surface area contributed by atoms with Crippen LogP contribution in [-0.4, -0.2) is 13.1 Å². The van der Waals surface area contributed by atoms with E-state index in [1.807, 2.05) is 7.05 Å². The van der Waals surface area contributed by atoms with Gasteiger partial charge in [-0.1, -0.05) is 20.8 Å². The van der Waals surface area contributed by atoms with Crippen molar-refractivity contribution in [2.75, 3.05) is 7.05 Å². The van der Waals surface area contributed by atoms with Crippen molar-refractivity contribution >= 4 is 0 Å². The zero-order chi connectivity index (χ0) is 6.57. The molecule has 1 radical (unpaired) electrons. The average molecular weight is 114 g/mol. The molecule has 0 fully saturated rings. The molecule has 1 unspecified atom stereocenters. The summed E-state index contributed by atoms with van der Waals surface area (Å²) >= 11 is 0. The van der Waals surface area contributed by atoms with Gasteiger partial charge < -0.3 is 5.32 Å². The maximum Gasteiger partial charge on any atom is 0.0118 e. The Balaban J connectivity index is 3.35. The van der Waals surface area contributed by atoms with E-state index in [0.717, 1.165) is 0 Å². The second-order valence-electron chi connectivity index (χ2n) is 2.33. The Morgan fingerprint density at radius 1 is 1.50 bits per heavy atom. The van der Waals surface area contributed by atoms with Crippen molar-refractivity contribution in [3.05, 3.63) is 5.92 Å². The minimum atomic E-state index is 0.620. The third-order valence-corrected chi connectivity index (χ3v) is 1.45. The molecule has 0 saturated carbocycles. The summed E-state index contributed by atoms with van der Waals surface area (Å²) in [6.07, 6.45) is 1.19. The fourth-order valence-corrected chi connectivity index (χ4v) is 0.901. The topological polar surface area (TPSA) is 12.0 Å². The van der Waals surface area contributed by atoms with Crippen LogP contribution >= 0.6 is 0 Å². The van der Waals surface area contributed by atoms with Crippen LogP contribution in [0.4, 0.5) is 0 Å². The zero-order valence-electron chi connectivity index (χ0n) is 6.28. The van der Waals surface area contributed by atoms with Crippen LogP contribution in [0.25, 0.3) is 0 Å². The lowest BCUT2D eigenvalue weighted by molar-refractivity contribution is 0.562. The predicted molar refractivity (Wildman–Crippen MR) is 37.7 cm³/mol. The van der Waals surface area contributed by atoms with Gasteiger partial charge in [0.2, 0.25) is 0 Å². The largest absolute Gasteiger partial charge is 0.316 e. The molecule has 0 aliphatic heterocycles. The molecular formula is C7H16N. The molecule has 0 bridgehead atoms. The van der Waals surface area contributed by atoms with Crippen molar-refractivity contribution in [2.24, 2.45) is 0 Å². The molecule has 0 aromatic rings. The van der Waals surface area contributed by atoms with Crippen LogP contribution in [0, 0.1) is 5.92 Å². The fraction of sp³-hybridized carbons (Fsp3) is 0.857. The monoisotopic (exact) mass is 114 g/mol. The lowest BCUT2D eigenvalue weighted by Gasteiger charge is -2.16. The summed E-state index contributed by atoms with van der Waals surface area (Å²) in [6, 6.07) is 0.620. The molecule has 1 nitrogen and oxygen atoms in total. The zero-order valence-corrected chi connectivity index (χ0v) is 6.28. The molecule has 0 aromatic heterocycles. The second kappa shape index (κ2) is 3.90. The third-order valence-electron chi connectivity index (χ3n) is 1.45. The number of hydrogen-bond acceptors (Lipinski definition) is 1. The second-order valence-corrected chi connectivity index (χ2v) is 2.33. The number of hydrogen-bond donors (Lipinski definition) is 1. The van der Waals surface area contributed by atoms with Gasteiger partial charge in [0.25, 0.3) is 0 Å². The van der Waals surface area contributed by atoms with E-state index in [0.29, 0.717) is 6.04 Å². The Labute approximate surface area is 52.5 Å². The van der Waals surface area contributed by atoms with Crippen LogP contribution in [0.2, 0.25) is 0 Å². The van der Waals surface area contributed by atoms with E-state index >= 15 is 0 Å². The first-order valence-corrected chi connectivity index (χ1v) is 3.19. The molecule has 0 spiro atoms. The van der Waals surface area contributed by atoms with Crippen molar-refractivity contribution in [3.63, 3.8) is 0 Å². The minimum Gasteiger partial charge on any atom is -0.316 e. The molecule has 8 heavy (non-hydrogen) atoms. The van der Waals surface area contributed by atoms with Crippen LogP contribution in [-0.2, 0) is 0 Å². The number of nitrogens with one attached hydrogen (secondary N) is 1. The highest BCUT2D eigenvalue weighted by molar-refractivity contribution is 4.90. The quantitative estimate of drug-likeness (QED) is 0.587. The van der Waals surface area contributed by atoms with Gasteiger partial charge in [-0.15, -0.1) is 0 Å². The summed E-state index contributed by atoms with van der Waals surface area (Å²) in [5.74, 6) is 1.47. The van der Waals surface area contributed by atoms with Gasteiger partial charge in [-0.3, -0.25) is 0 Å². The van der Waals surface area contributed by atoms with E-state index in [1.54, 1.807) is 0 Å². The summed E-state index contributed by atoms with van der Waals surface area (Å²) in [7, 11) is 2.00. The maximum absolute atomic E-state index is 3.21. The Morgan fingerprint density at radius 3 is 2.00 bits per heavy atom. The molecule has 1 N–H and O–H groups in total. The summed E-state index contributed by atoms with van der Waals surface area (Å²) in [5.41, 5.74) is 0. The smallest absolute Gasteiger partial charge is 0.0118 e. The maximum atomic E-state index is 3.21. The van der Waals surface area contributed by atoms with Gasteiger partial charge in [0.15, 0.2) is 0 Å². The highest BCUT2D eigenvalue weighted by atomic mass is 14.9. The average Bonchev–Trinajstić information content (AvgIpc) is 1.69. The van der Waals surface area contributed by atoms with Crippen LogP contribution in [0.1, 0.15) is 27.2 Å². The normalized spacial score (nSPS) is 14.6. The molecule has 0 amide bonds. The highest BCUT2D eigenvalue weighted by Gasteiger charge is 2.06. The van der Waals surface area contributed by atoms with Gasteiger partial charge in [0, 0.05) is 6.04 Å². The summed E-state index contributed by atoms with van der Waals surface area (Å²) < 4.78 is 0. The van der Waals surface area contributed by atoms with Crippen LogP contribution in [0.5, 0.6) is 0 Å². The molecular weight excluding hydrogens is 98.1 g/mol. The van der Waals surface area contributed by atoms with Gasteiger partial charge in [-0.2, -0.15) is 0 Å². The Bertz CT molecular complexity index is 46.3. The summed E-state index contributed by atoms with van der Waals surface area (Å²) in [6.45, 7) is 6.50. The molecule has 0 heterocycles. The standard InChI is InChI=1S/C7H16N/c1-5-7(8-4)6(2)3/h7-8H,5H2,1-4H3.